The van der Waals surface area contributed by atoms with E-state index in [1.54, 1.807) is 0 Å². The maximum absolute atomic E-state index is 8.95. The Labute approximate surface area is 85.6 Å². The molecule has 0 heterocycles. The fourth-order valence-corrected chi connectivity index (χ4v) is 1.26. The molecule has 2 nitrogen and oxygen atoms in total. The van der Waals surface area contributed by atoms with Crippen molar-refractivity contribution in [1.82, 2.24) is 0 Å². The molecule has 1 aromatic rings. The highest BCUT2D eigenvalue weighted by molar-refractivity contribution is 5.59. The molecule has 0 fully saturated rings. The molecule has 0 spiro atoms. The summed E-state index contributed by atoms with van der Waals surface area (Å²) in [5.41, 5.74) is 2.72. The van der Waals surface area contributed by atoms with Gasteiger partial charge in [-0.15, -0.1) is 0 Å². The van der Waals surface area contributed by atoms with Crippen LogP contribution in [0.4, 0.5) is 5.69 Å². The summed E-state index contributed by atoms with van der Waals surface area (Å²) in [6, 6.07) is 8.06. The van der Waals surface area contributed by atoms with Gasteiger partial charge in [-0.05, 0) is 45.4 Å². The van der Waals surface area contributed by atoms with Crippen LogP contribution in [0.3, 0.4) is 0 Å². The molecule has 0 aliphatic heterocycles. The van der Waals surface area contributed by atoms with Crippen molar-refractivity contribution in [3.05, 3.63) is 29.3 Å². The number of anilines is 1. The Hall–Kier alpha value is -1.49. The van der Waals surface area contributed by atoms with E-state index in [0.717, 1.165) is 11.3 Å². The van der Waals surface area contributed by atoms with Gasteiger partial charge in [0.1, 0.15) is 6.07 Å². The summed E-state index contributed by atoms with van der Waals surface area (Å²) >= 11 is 0. The molecule has 74 valence electrons. The minimum atomic E-state index is -0.0130. The molecule has 0 atom stereocenters. The molecule has 0 saturated carbocycles. The molecule has 0 radical (unpaired) electrons. The number of benzene rings is 1. The Morgan fingerprint density at radius 2 is 1.93 bits per heavy atom. The Balaban J connectivity index is 3.05. The monoisotopic (exact) mass is 188 g/mol. The predicted octanol–water partition coefficient (Wildman–Crippen LogP) is 3.08. The van der Waals surface area contributed by atoms with Crippen molar-refractivity contribution in [1.29, 1.82) is 5.26 Å². The van der Waals surface area contributed by atoms with Gasteiger partial charge >= 0.3 is 0 Å². The number of nitrogens with zero attached hydrogens (tertiary/aromatic N) is 1. The first-order valence-corrected chi connectivity index (χ1v) is 4.71. The molecule has 1 rings (SSSR count). The van der Waals surface area contributed by atoms with Gasteiger partial charge in [0, 0.05) is 5.54 Å². The van der Waals surface area contributed by atoms with Crippen LogP contribution < -0.4 is 5.32 Å². The Bertz CT molecular complexity index is 367. The van der Waals surface area contributed by atoms with Gasteiger partial charge in [0.05, 0.1) is 11.3 Å². The van der Waals surface area contributed by atoms with Crippen LogP contribution in [0.15, 0.2) is 18.2 Å². The second kappa shape index (κ2) is 3.71. The van der Waals surface area contributed by atoms with Crippen LogP contribution in [0, 0.1) is 18.3 Å². The summed E-state index contributed by atoms with van der Waals surface area (Å²) in [6.45, 7) is 8.22. The van der Waals surface area contributed by atoms with E-state index in [9.17, 15) is 0 Å². The number of rotatable bonds is 1. The summed E-state index contributed by atoms with van der Waals surface area (Å²) < 4.78 is 0. The molecule has 0 aliphatic carbocycles. The van der Waals surface area contributed by atoms with Gasteiger partial charge in [-0.2, -0.15) is 5.26 Å². The van der Waals surface area contributed by atoms with Crippen molar-refractivity contribution >= 4 is 5.69 Å². The van der Waals surface area contributed by atoms with Crippen LogP contribution >= 0.6 is 0 Å². The number of nitrogens with one attached hydrogen (secondary N) is 1. The lowest BCUT2D eigenvalue weighted by Gasteiger charge is -2.22. The molecular formula is C12H16N2. The van der Waals surface area contributed by atoms with E-state index in [1.807, 2.05) is 25.1 Å². The Kier molecular flexibility index (Phi) is 2.81. The largest absolute Gasteiger partial charge is 0.379 e. The third-order valence-electron chi connectivity index (χ3n) is 1.81. The molecular weight excluding hydrogens is 172 g/mol. The van der Waals surface area contributed by atoms with Gasteiger partial charge in [-0.3, -0.25) is 0 Å². The van der Waals surface area contributed by atoms with Crippen LogP contribution in [-0.4, -0.2) is 5.54 Å². The van der Waals surface area contributed by atoms with Crippen molar-refractivity contribution in [2.45, 2.75) is 33.2 Å². The van der Waals surface area contributed by atoms with Gasteiger partial charge in [-0.1, -0.05) is 6.07 Å². The molecule has 0 amide bonds. The molecule has 0 unspecified atom stereocenters. The lowest BCUT2D eigenvalue weighted by molar-refractivity contribution is 0.634. The summed E-state index contributed by atoms with van der Waals surface area (Å²) in [5, 5.41) is 12.3. The minimum Gasteiger partial charge on any atom is -0.379 e. The second-order valence-electron chi connectivity index (χ2n) is 4.54. The fourth-order valence-electron chi connectivity index (χ4n) is 1.26. The van der Waals surface area contributed by atoms with Crippen LogP contribution in [0.2, 0.25) is 0 Å². The molecule has 14 heavy (non-hydrogen) atoms. The minimum absolute atomic E-state index is 0.0130. The highest BCUT2D eigenvalue weighted by atomic mass is 15.0. The van der Waals surface area contributed by atoms with Gasteiger partial charge in [0.15, 0.2) is 0 Å². The average molecular weight is 188 g/mol. The van der Waals surface area contributed by atoms with E-state index in [1.165, 1.54) is 0 Å². The molecule has 0 aromatic heterocycles. The first kappa shape index (κ1) is 10.6. The standard InChI is InChI=1S/C12H16N2/c1-9-5-6-11(10(7-9)8-13)14-12(2,3)4/h5-7,14H,1-4H3. The normalized spacial score (nSPS) is 10.8. The summed E-state index contributed by atoms with van der Waals surface area (Å²) in [4.78, 5) is 0. The van der Waals surface area contributed by atoms with Gasteiger partial charge in [0.2, 0.25) is 0 Å². The number of hydrogen-bond donors (Lipinski definition) is 1. The van der Waals surface area contributed by atoms with Crippen molar-refractivity contribution in [3.63, 3.8) is 0 Å². The SMILES string of the molecule is Cc1ccc(NC(C)(C)C)c(C#N)c1. The molecule has 0 aliphatic rings. The van der Waals surface area contributed by atoms with Crippen molar-refractivity contribution in [2.75, 3.05) is 5.32 Å². The molecule has 0 saturated heterocycles. The van der Waals surface area contributed by atoms with E-state index in [2.05, 4.69) is 32.2 Å². The Morgan fingerprint density at radius 3 is 2.43 bits per heavy atom. The van der Waals surface area contributed by atoms with Crippen LogP contribution in [-0.2, 0) is 0 Å². The maximum Gasteiger partial charge on any atom is 0.101 e. The van der Waals surface area contributed by atoms with Crippen LogP contribution in [0.1, 0.15) is 31.9 Å². The van der Waals surface area contributed by atoms with Gasteiger partial charge < -0.3 is 5.32 Å². The summed E-state index contributed by atoms with van der Waals surface area (Å²) in [5.74, 6) is 0. The lowest BCUT2D eigenvalue weighted by atomic mass is 10.1. The average Bonchev–Trinajstić information content (AvgIpc) is 2.06. The van der Waals surface area contributed by atoms with Crippen molar-refractivity contribution < 1.29 is 0 Å². The zero-order valence-corrected chi connectivity index (χ0v) is 9.18. The van der Waals surface area contributed by atoms with Crippen molar-refractivity contribution in [3.8, 4) is 6.07 Å². The highest BCUT2D eigenvalue weighted by Crippen LogP contribution is 2.20. The van der Waals surface area contributed by atoms with E-state index in [-0.39, 0.29) is 5.54 Å². The fraction of sp³-hybridized carbons (Fsp3) is 0.417. The topological polar surface area (TPSA) is 35.8 Å². The summed E-state index contributed by atoms with van der Waals surface area (Å²) in [6.07, 6.45) is 0. The quantitative estimate of drug-likeness (QED) is 0.735. The number of nitriles is 1. The molecule has 1 N–H and O–H groups in total. The van der Waals surface area contributed by atoms with Crippen LogP contribution in [0.5, 0.6) is 0 Å². The van der Waals surface area contributed by atoms with Gasteiger partial charge in [0.25, 0.3) is 0 Å². The van der Waals surface area contributed by atoms with Crippen molar-refractivity contribution in [2.24, 2.45) is 0 Å². The highest BCUT2D eigenvalue weighted by Gasteiger charge is 2.11. The summed E-state index contributed by atoms with van der Waals surface area (Å²) in [7, 11) is 0. The van der Waals surface area contributed by atoms with Gasteiger partial charge in [-0.25, -0.2) is 0 Å². The first-order chi connectivity index (χ1) is 6.42. The van der Waals surface area contributed by atoms with Crippen LogP contribution in [0.25, 0.3) is 0 Å². The van der Waals surface area contributed by atoms with E-state index >= 15 is 0 Å². The van der Waals surface area contributed by atoms with E-state index < -0.39 is 0 Å². The number of hydrogen-bond acceptors (Lipinski definition) is 2. The smallest absolute Gasteiger partial charge is 0.101 e. The second-order valence-corrected chi connectivity index (χ2v) is 4.54. The molecule has 0 bridgehead atoms. The predicted molar refractivity (Wildman–Crippen MR) is 59.3 cm³/mol. The molecule has 2 heteroatoms. The zero-order valence-electron chi connectivity index (χ0n) is 9.18. The Morgan fingerprint density at radius 1 is 1.29 bits per heavy atom. The lowest BCUT2D eigenvalue weighted by Crippen LogP contribution is -2.26. The van der Waals surface area contributed by atoms with E-state index in [4.69, 9.17) is 5.26 Å². The number of aryl methyl sites for hydroxylation is 1. The molecule has 1 aromatic carbocycles. The first-order valence-electron chi connectivity index (χ1n) is 4.71. The van der Waals surface area contributed by atoms with E-state index in [0.29, 0.717) is 5.56 Å². The zero-order chi connectivity index (χ0) is 10.8. The third kappa shape index (κ3) is 2.77. The third-order valence-corrected chi connectivity index (χ3v) is 1.81. The maximum atomic E-state index is 8.95.